The van der Waals surface area contributed by atoms with Gasteiger partial charge in [0.05, 0.1) is 4.92 Å². The van der Waals surface area contributed by atoms with E-state index in [0.717, 1.165) is 0 Å². The van der Waals surface area contributed by atoms with E-state index in [2.05, 4.69) is 0 Å². The Hall–Kier alpha value is -1.36. The van der Waals surface area contributed by atoms with Crippen LogP contribution in [0.1, 0.15) is 5.56 Å². The van der Waals surface area contributed by atoms with Crippen LogP contribution in [0.3, 0.4) is 0 Å². The summed E-state index contributed by atoms with van der Waals surface area (Å²) < 4.78 is 0. The average molecular weight is 197 g/mol. The molecule has 0 fully saturated rings. The van der Waals surface area contributed by atoms with Crippen molar-refractivity contribution in [3.63, 3.8) is 0 Å². The first-order chi connectivity index (χ1) is 6.16. The van der Waals surface area contributed by atoms with Gasteiger partial charge in [-0.2, -0.15) is 0 Å². The normalized spacial score (nSPS) is 9.62. The van der Waals surface area contributed by atoms with Crippen LogP contribution >= 0.6 is 11.8 Å². The summed E-state index contributed by atoms with van der Waals surface area (Å²) in [7, 11) is 0. The van der Waals surface area contributed by atoms with Crippen molar-refractivity contribution in [1.29, 1.82) is 0 Å². The summed E-state index contributed by atoms with van der Waals surface area (Å²) in [6, 6.07) is 6.43. The predicted octanol–water partition coefficient (Wildman–Crippen LogP) is 0.463. The molecule has 0 atom stereocenters. The second kappa shape index (κ2) is 4.04. The van der Waals surface area contributed by atoms with E-state index in [0.29, 0.717) is 10.6 Å². The molecule has 0 aliphatic heterocycles. The number of thioether (sulfide) groups is 1. The molecule has 0 saturated carbocycles. The van der Waals surface area contributed by atoms with E-state index in [1.54, 1.807) is 24.5 Å². The smallest absolute Gasteiger partial charge is 0.258 e. The van der Waals surface area contributed by atoms with Gasteiger partial charge in [0.25, 0.3) is 5.69 Å². The summed E-state index contributed by atoms with van der Waals surface area (Å²) in [5.41, 5.74) is 0.536. The summed E-state index contributed by atoms with van der Waals surface area (Å²) in [4.78, 5) is 10.1. The van der Waals surface area contributed by atoms with Crippen molar-refractivity contribution >= 4 is 22.5 Å². The number of nitrogens with zero attached hydrogens (tertiary/aromatic N) is 1. The van der Waals surface area contributed by atoms with Crippen molar-refractivity contribution < 1.29 is 10.3 Å². The number of nitro benzene ring substituents is 1. The Morgan fingerprint density at radius 1 is 1.54 bits per heavy atom. The molecule has 0 radical (unpaired) electrons. The minimum Gasteiger partial charge on any atom is -0.258 e. The fraction of sp³-hybridized carbons (Fsp3) is 0.125. The largest absolute Gasteiger partial charge is 0.283 e. The second-order valence-electron chi connectivity index (χ2n) is 2.34. The Balaban J connectivity index is 3.19. The maximum Gasteiger partial charge on any atom is 0.283 e. The van der Waals surface area contributed by atoms with E-state index >= 15 is 0 Å². The maximum atomic E-state index is 10.6. The van der Waals surface area contributed by atoms with Crippen molar-refractivity contribution in [2.75, 3.05) is 6.26 Å². The van der Waals surface area contributed by atoms with Crippen LogP contribution in [0.25, 0.3) is 0 Å². The van der Waals surface area contributed by atoms with Crippen LogP contribution < -0.4 is 5.41 Å². The van der Waals surface area contributed by atoms with Gasteiger partial charge in [-0.3, -0.25) is 10.1 Å². The predicted molar refractivity (Wildman–Crippen MR) is 52.6 cm³/mol. The van der Waals surface area contributed by atoms with Gasteiger partial charge in [0.15, 0.2) is 0 Å². The fourth-order valence-electron chi connectivity index (χ4n) is 0.951. The molecule has 1 aromatic rings. The van der Waals surface area contributed by atoms with Crippen LogP contribution in [0.2, 0.25) is 0 Å². The number of nitrogens with two attached hydrogens (primary N) is 1. The van der Waals surface area contributed by atoms with E-state index in [-0.39, 0.29) is 5.69 Å². The zero-order valence-electron chi connectivity index (χ0n) is 7.06. The lowest BCUT2D eigenvalue weighted by Gasteiger charge is -1.96. The first kappa shape index (κ1) is 9.73. The molecule has 1 aromatic carbocycles. The zero-order chi connectivity index (χ0) is 9.84. The van der Waals surface area contributed by atoms with Gasteiger partial charge in [0.2, 0.25) is 5.04 Å². The van der Waals surface area contributed by atoms with E-state index < -0.39 is 4.92 Å². The van der Waals surface area contributed by atoms with Crippen LogP contribution in [0.4, 0.5) is 5.69 Å². The molecular weight excluding hydrogens is 188 g/mol. The molecule has 0 heterocycles. The average Bonchev–Trinajstić information content (AvgIpc) is 2.16. The van der Waals surface area contributed by atoms with Gasteiger partial charge in [0.1, 0.15) is 5.56 Å². The van der Waals surface area contributed by atoms with Gasteiger partial charge in [-0.15, -0.1) is 0 Å². The van der Waals surface area contributed by atoms with Crippen molar-refractivity contribution in [3.05, 3.63) is 39.9 Å². The molecule has 0 aliphatic carbocycles. The highest BCUT2D eigenvalue weighted by atomic mass is 32.2. The van der Waals surface area contributed by atoms with E-state index in [9.17, 15) is 10.1 Å². The number of rotatable bonds is 2. The second-order valence-corrected chi connectivity index (χ2v) is 3.19. The quantitative estimate of drug-likeness (QED) is 0.324. The zero-order valence-corrected chi connectivity index (χ0v) is 7.88. The van der Waals surface area contributed by atoms with Crippen LogP contribution in [0.15, 0.2) is 24.3 Å². The molecule has 0 aliphatic rings. The highest BCUT2D eigenvalue weighted by Gasteiger charge is 2.18. The molecule has 2 N–H and O–H groups in total. The molecule has 1 rings (SSSR count). The minimum absolute atomic E-state index is 0.0503. The first-order valence-corrected chi connectivity index (χ1v) is 4.79. The van der Waals surface area contributed by atoms with Crippen LogP contribution in [-0.4, -0.2) is 16.2 Å². The molecular formula is C8H9N2O2S+. The SMILES string of the molecule is CSC(=[NH2+])c1ccccc1[N+](=O)[O-]. The summed E-state index contributed by atoms with van der Waals surface area (Å²) in [5, 5.41) is 16.6. The number of benzene rings is 1. The van der Waals surface area contributed by atoms with Crippen LogP contribution in [0, 0.1) is 10.1 Å². The standard InChI is InChI=1S/C8H8N2O2S/c1-13-8(9)6-4-2-3-5-7(6)10(11)12/h2-5,9H,1H3/p+1. The molecule has 13 heavy (non-hydrogen) atoms. The van der Waals surface area contributed by atoms with E-state index in [1.165, 1.54) is 17.8 Å². The molecule has 0 spiro atoms. The Morgan fingerprint density at radius 2 is 2.15 bits per heavy atom. The highest BCUT2D eigenvalue weighted by Crippen LogP contribution is 2.19. The number of para-hydroxylation sites is 1. The Kier molecular flexibility index (Phi) is 3.02. The van der Waals surface area contributed by atoms with Gasteiger partial charge in [0, 0.05) is 6.07 Å². The lowest BCUT2D eigenvalue weighted by atomic mass is 10.2. The van der Waals surface area contributed by atoms with E-state index in [1.807, 2.05) is 0 Å². The minimum atomic E-state index is -0.432. The Labute approximate surface area is 79.6 Å². The highest BCUT2D eigenvalue weighted by molar-refractivity contribution is 8.13. The summed E-state index contributed by atoms with van der Waals surface area (Å²) in [6.45, 7) is 0. The molecule has 0 amide bonds. The first-order valence-electron chi connectivity index (χ1n) is 3.57. The lowest BCUT2D eigenvalue weighted by molar-refractivity contribution is -0.385. The van der Waals surface area contributed by atoms with Gasteiger partial charge >= 0.3 is 0 Å². The van der Waals surface area contributed by atoms with Gasteiger partial charge in [-0.25, -0.2) is 5.41 Å². The Morgan fingerprint density at radius 3 is 2.69 bits per heavy atom. The van der Waals surface area contributed by atoms with Crippen LogP contribution in [0.5, 0.6) is 0 Å². The van der Waals surface area contributed by atoms with Crippen molar-refractivity contribution in [1.82, 2.24) is 0 Å². The molecule has 0 aromatic heterocycles. The van der Waals surface area contributed by atoms with Crippen molar-refractivity contribution in [2.24, 2.45) is 0 Å². The van der Waals surface area contributed by atoms with Gasteiger partial charge < -0.3 is 0 Å². The van der Waals surface area contributed by atoms with Crippen molar-refractivity contribution in [3.8, 4) is 0 Å². The molecule has 68 valence electrons. The third-order valence-corrected chi connectivity index (χ3v) is 2.25. The third kappa shape index (κ3) is 2.06. The van der Waals surface area contributed by atoms with E-state index in [4.69, 9.17) is 5.41 Å². The molecule has 0 bridgehead atoms. The summed E-state index contributed by atoms with van der Waals surface area (Å²) in [5.74, 6) is 0. The number of hydrogen-bond acceptors (Lipinski definition) is 3. The lowest BCUT2D eigenvalue weighted by Crippen LogP contribution is -2.38. The molecule has 5 heteroatoms. The van der Waals surface area contributed by atoms with Crippen LogP contribution in [-0.2, 0) is 0 Å². The monoisotopic (exact) mass is 197 g/mol. The number of hydrogen-bond donors (Lipinski definition) is 1. The van der Waals surface area contributed by atoms with Gasteiger partial charge in [-0.05, 0) is 12.3 Å². The summed E-state index contributed by atoms with van der Waals surface area (Å²) in [6.07, 6.45) is 1.78. The Bertz CT molecular complexity index is 352. The molecule has 0 saturated heterocycles. The molecule has 0 unspecified atom stereocenters. The number of nitro groups is 1. The topological polar surface area (TPSA) is 68.7 Å². The third-order valence-electron chi connectivity index (χ3n) is 1.59. The maximum absolute atomic E-state index is 10.6. The summed E-state index contributed by atoms with van der Waals surface area (Å²) >= 11 is 1.30. The van der Waals surface area contributed by atoms with Gasteiger partial charge in [-0.1, -0.05) is 23.9 Å². The molecule has 4 nitrogen and oxygen atoms in total. The fourth-order valence-corrected chi connectivity index (χ4v) is 1.34. The van der Waals surface area contributed by atoms with Crippen molar-refractivity contribution in [2.45, 2.75) is 0 Å².